The molecule has 2 atom stereocenters. The number of benzene rings is 3. The number of piperazine rings is 1. The largest absolute Gasteiger partial charge is 0.416 e. The molecular formula is C26H23ClF3N3O. The number of fused-ring (bicyclic) bond motifs is 3. The van der Waals surface area contributed by atoms with Gasteiger partial charge in [-0.2, -0.15) is 13.2 Å². The maximum absolute atomic E-state index is 13.4. The summed E-state index contributed by atoms with van der Waals surface area (Å²) in [4.78, 5) is 17.7. The first-order chi connectivity index (χ1) is 16.3. The van der Waals surface area contributed by atoms with Gasteiger partial charge in [-0.1, -0.05) is 29.8 Å². The first-order valence-electron chi connectivity index (χ1n) is 11.1. The fourth-order valence-corrected chi connectivity index (χ4v) is 5.07. The number of alkyl halides is 3. The van der Waals surface area contributed by atoms with E-state index >= 15 is 0 Å². The van der Waals surface area contributed by atoms with E-state index in [-0.39, 0.29) is 18.4 Å². The third kappa shape index (κ3) is 4.44. The molecule has 0 spiro atoms. The number of hydrogen-bond acceptors (Lipinski definition) is 3. The van der Waals surface area contributed by atoms with Crippen LogP contribution in [0.1, 0.15) is 11.1 Å². The molecule has 1 N–H and O–H groups in total. The van der Waals surface area contributed by atoms with E-state index in [1.165, 1.54) is 6.07 Å². The molecule has 0 radical (unpaired) electrons. The van der Waals surface area contributed by atoms with Crippen LogP contribution in [0.3, 0.4) is 0 Å². The minimum absolute atomic E-state index is 0.183. The Morgan fingerprint density at radius 3 is 2.41 bits per heavy atom. The highest BCUT2D eigenvalue weighted by Crippen LogP contribution is 2.40. The summed E-state index contributed by atoms with van der Waals surface area (Å²) in [6.45, 7) is 1.86. The topological polar surface area (TPSA) is 35.6 Å². The van der Waals surface area contributed by atoms with Crippen molar-refractivity contribution in [1.29, 1.82) is 0 Å². The van der Waals surface area contributed by atoms with Gasteiger partial charge in [0.2, 0.25) is 5.91 Å². The molecular weight excluding hydrogens is 463 g/mol. The number of amides is 1. The van der Waals surface area contributed by atoms with Gasteiger partial charge in [0.15, 0.2) is 0 Å². The molecule has 3 aromatic rings. The summed E-state index contributed by atoms with van der Waals surface area (Å²) in [5.41, 5.74) is 2.31. The zero-order valence-corrected chi connectivity index (χ0v) is 19.0. The molecule has 1 saturated heterocycles. The molecule has 2 unspecified atom stereocenters. The smallest absolute Gasteiger partial charge is 0.368 e. The van der Waals surface area contributed by atoms with E-state index < -0.39 is 17.7 Å². The zero-order valence-electron chi connectivity index (χ0n) is 18.2. The summed E-state index contributed by atoms with van der Waals surface area (Å²) < 4.78 is 40.2. The van der Waals surface area contributed by atoms with Crippen molar-refractivity contribution >= 4 is 34.6 Å². The van der Waals surface area contributed by atoms with Crippen LogP contribution >= 0.6 is 11.6 Å². The summed E-state index contributed by atoms with van der Waals surface area (Å²) in [5, 5.41) is 3.61. The quantitative estimate of drug-likeness (QED) is 0.504. The molecule has 5 rings (SSSR count). The molecule has 8 heteroatoms. The second-order valence-corrected chi connectivity index (χ2v) is 9.13. The number of anilines is 3. The van der Waals surface area contributed by atoms with Gasteiger partial charge in [-0.25, -0.2) is 0 Å². The van der Waals surface area contributed by atoms with Gasteiger partial charge in [-0.15, -0.1) is 0 Å². The van der Waals surface area contributed by atoms with Gasteiger partial charge in [-0.3, -0.25) is 4.79 Å². The van der Waals surface area contributed by atoms with Crippen LogP contribution in [0.4, 0.5) is 30.2 Å². The number of rotatable bonds is 3. The summed E-state index contributed by atoms with van der Waals surface area (Å²) >= 11 is 6.04. The Hall–Kier alpha value is -3.19. The number of nitrogens with one attached hydrogen (secondary N) is 1. The molecule has 2 heterocycles. The Balaban J connectivity index is 1.48. The Morgan fingerprint density at radius 2 is 1.71 bits per heavy atom. The molecule has 176 valence electrons. The van der Waals surface area contributed by atoms with E-state index in [0.29, 0.717) is 35.9 Å². The summed E-state index contributed by atoms with van der Waals surface area (Å²) in [6, 6.07) is 20.4. The molecule has 1 amide bonds. The van der Waals surface area contributed by atoms with Crippen molar-refractivity contribution in [3.05, 3.63) is 88.9 Å². The minimum Gasteiger partial charge on any atom is -0.368 e. The van der Waals surface area contributed by atoms with Crippen molar-refractivity contribution < 1.29 is 18.0 Å². The fourth-order valence-electron chi connectivity index (χ4n) is 4.94. The Labute approximate surface area is 200 Å². The Bertz CT molecular complexity index is 1180. The van der Waals surface area contributed by atoms with Crippen LogP contribution in [0.25, 0.3) is 0 Å². The Morgan fingerprint density at radius 1 is 0.971 bits per heavy atom. The number of hydrogen-bond donors (Lipinski definition) is 1. The molecule has 0 bridgehead atoms. The third-order valence-corrected chi connectivity index (χ3v) is 6.86. The van der Waals surface area contributed by atoms with Gasteiger partial charge in [-0.05, 0) is 66.6 Å². The van der Waals surface area contributed by atoms with Crippen LogP contribution in [-0.2, 0) is 17.4 Å². The maximum Gasteiger partial charge on any atom is 0.416 e. The molecule has 2 aliphatic heterocycles. The first-order valence-corrected chi connectivity index (χ1v) is 11.5. The summed E-state index contributed by atoms with van der Waals surface area (Å²) in [7, 11) is 0. The van der Waals surface area contributed by atoms with Crippen LogP contribution in [-0.4, -0.2) is 31.6 Å². The lowest BCUT2D eigenvalue weighted by molar-refractivity contribution is -0.137. The van der Waals surface area contributed by atoms with Gasteiger partial charge in [0.05, 0.1) is 17.5 Å². The summed E-state index contributed by atoms with van der Waals surface area (Å²) in [5.74, 6) is -0.700. The van der Waals surface area contributed by atoms with Crippen LogP contribution < -0.4 is 15.1 Å². The van der Waals surface area contributed by atoms with Crippen LogP contribution in [0.15, 0.2) is 72.8 Å². The minimum atomic E-state index is -4.43. The highest BCUT2D eigenvalue weighted by molar-refractivity contribution is 6.30. The molecule has 0 saturated carbocycles. The number of carbonyl (C=O) groups excluding carboxylic acids is 1. The average Bonchev–Trinajstić information content (AvgIpc) is 2.83. The molecule has 4 nitrogen and oxygen atoms in total. The normalized spacial score (nSPS) is 19.9. The van der Waals surface area contributed by atoms with Gasteiger partial charge in [0.25, 0.3) is 0 Å². The van der Waals surface area contributed by atoms with Crippen LogP contribution in [0, 0.1) is 5.92 Å². The van der Waals surface area contributed by atoms with Crippen molar-refractivity contribution in [2.75, 3.05) is 34.8 Å². The van der Waals surface area contributed by atoms with Crippen LogP contribution in [0.2, 0.25) is 5.02 Å². The highest BCUT2D eigenvalue weighted by Gasteiger charge is 2.42. The zero-order chi connectivity index (χ0) is 23.9. The van der Waals surface area contributed by atoms with Crippen molar-refractivity contribution in [2.45, 2.75) is 18.6 Å². The monoisotopic (exact) mass is 485 g/mol. The predicted octanol–water partition coefficient (Wildman–Crippen LogP) is 5.87. The lowest BCUT2D eigenvalue weighted by atomic mass is 9.82. The maximum atomic E-state index is 13.4. The van der Waals surface area contributed by atoms with Crippen molar-refractivity contribution in [3.8, 4) is 0 Å². The molecule has 0 aromatic heterocycles. The standard InChI is InChI=1S/C26H23ClF3N3O/c27-19-7-9-21(10-8-19)32-12-13-33-23-11-6-18(26(28,29)30)14-17(23)15-22(24(33)16-32)25(34)31-20-4-2-1-3-5-20/h1-11,14,22,24H,12-13,15-16H2,(H,31,34). The van der Waals surface area contributed by atoms with Gasteiger partial charge < -0.3 is 15.1 Å². The second kappa shape index (κ2) is 8.87. The number of nitrogens with zero attached hydrogens (tertiary/aromatic N) is 2. The molecule has 3 aromatic carbocycles. The molecule has 2 aliphatic rings. The molecule has 34 heavy (non-hydrogen) atoms. The van der Waals surface area contributed by atoms with Crippen molar-refractivity contribution in [2.24, 2.45) is 5.92 Å². The Kier molecular flexibility index (Phi) is 5.90. The van der Waals surface area contributed by atoms with E-state index in [2.05, 4.69) is 15.1 Å². The van der Waals surface area contributed by atoms with E-state index in [1.807, 2.05) is 42.5 Å². The highest BCUT2D eigenvalue weighted by atomic mass is 35.5. The number of para-hydroxylation sites is 1. The van der Waals surface area contributed by atoms with Gasteiger partial charge >= 0.3 is 6.18 Å². The van der Waals surface area contributed by atoms with Crippen LogP contribution in [0.5, 0.6) is 0 Å². The molecule has 0 aliphatic carbocycles. The number of halogens is 4. The van der Waals surface area contributed by atoms with E-state index in [0.717, 1.165) is 17.4 Å². The fraction of sp³-hybridized carbons (Fsp3) is 0.269. The SMILES string of the molecule is O=C(Nc1ccccc1)C1Cc2cc(C(F)(F)F)ccc2N2CCN(c3ccc(Cl)cc3)CC12. The van der Waals surface area contributed by atoms with E-state index in [1.54, 1.807) is 18.2 Å². The van der Waals surface area contributed by atoms with Crippen molar-refractivity contribution in [1.82, 2.24) is 0 Å². The average molecular weight is 486 g/mol. The lowest BCUT2D eigenvalue weighted by Gasteiger charge is -2.49. The second-order valence-electron chi connectivity index (χ2n) is 8.69. The number of carbonyl (C=O) groups is 1. The van der Waals surface area contributed by atoms with E-state index in [9.17, 15) is 18.0 Å². The predicted molar refractivity (Wildman–Crippen MR) is 129 cm³/mol. The third-order valence-electron chi connectivity index (χ3n) is 6.61. The lowest BCUT2D eigenvalue weighted by Crippen LogP contribution is -2.60. The van der Waals surface area contributed by atoms with Crippen molar-refractivity contribution in [3.63, 3.8) is 0 Å². The van der Waals surface area contributed by atoms with E-state index in [4.69, 9.17) is 11.6 Å². The summed E-state index contributed by atoms with van der Waals surface area (Å²) in [6.07, 6.45) is -4.19. The first kappa shape index (κ1) is 22.6. The van der Waals surface area contributed by atoms with Gasteiger partial charge in [0, 0.05) is 41.7 Å². The molecule has 1 fully saturated rings. The van der Waals surface area contributed by atoms with Gasteiger partial charge in [0.1, 0.15) is 0 Å².